The lowest BCUT2D eigenvalue weighted by Gasteiger charge is -2.38. The Bertz CT molecular complexity index is 506. The van der Waals surface area contributed by atoms with Crippen molar-refractivity contribution in [3.8, 4) is 0 Å². The highest BCUT2D eigenvalue weighted by molar-refractivity contribution is 5.81. The van der Waals surface area contributed by atoms with Gasteiger partial charge in [0.1, 0.15) is 0 Å². The van der Waals surface area contributed by atoms with E-state index in [1.807, 2.05) is 0 Å². The summed E-state index contributed by atoms with van der Waals surface area (Å²) >= 11 is 0. The van der Waals surface area contributed by atoms with Crippen molar-refractivity contribution in [2.75, 3.05) is 0 Å². The van der Waals surface area contributed by atoms with Crippen molar-refractivity contribution in [1.29, 1.82) is 0 Å². The number of nitrogens with two attached hydrogens (primary N) is 1. The van der Waals surface area contributed by atoms with E-state index in [9.17, 15) is 0 Å². The van der Waals surface area contributed by atoms with Crippen LogP contribution < -0.4 is 5.73 Å². The summed E-state index contributed by atoms with van der Waals surface area (Å²) in [5, 5.41) is 1.30. The van der Waals surface area contributed by atoms with Gasteiger partial charge in [-0.15, -0.1) is 0 Å². The predicted octanol–water partition coefficient (Wildman–Crippen LogP) is 2.52. The van der Waals surface area contributed by atoms with Crippen LogP contribution in [-0.4, -0.2) is 4.57 Å². The monoisotopic (exact) mass is 200 g/mol. The average Bonchev–Trinajstić information content (AvgIpc) is 2.54. The van der Waals surface area contributed by atoms with E-state index in [4.69, 9.17) is 5.73 Å². The fourth-order valence-electron chi connectivity index (χ4n) is 2.58. The molecule has 78 valence electrons. The Balaban J connectivity index is 2.23. The van der Waals surface area contributed by atoms with Crippen LogP contribution in [-0.2, 0) is 12.6 Å². The Labute approximate surface area is 89.7 Å². The summed E-state index contributed by atoms with van der Waals surface area (Å²) in [6, 6.07) is 10.7. The number of hydrogen-bond donors (Lipinski definition) is 1. The van der Waals surface area contributed by atoms with Crippen LogP contribution in [0.4, 0.5) is 0 Å². The lowest BCUT2D eigenvalue weighted by Crippen LogP contribution is -2.44. The third kappa shape index (κ3) is 1.15. The van der Waals surface area contributed by atoms with Gasteiger partial charge >= 0.3 is 0 Å². The molecule has 2 heteroatoms. The molecule has 1 heterocycles. The number of fused-ring (bicyclic) bond motifs is 1. The molecule has 15 heavy (non-hydrogen) atoms. The van der Waals surface area contributed by atoms with Gasteiger partial charge in [0.2, 0.25) is 0 Å². The molecule has 1 aromatic heterocycles. The minimum Gasteiger partial charge on any atom is -0.346 e. The maximum absolute atomic E-state index is 6.37. The van der Waals surface area contributed by atoms with Crippen molar-refractivity contribution in [3.63, 3.8) is 0 Å². The second kappa shape index (κ2) is 2.86. The van der Waals surface area contributed by atoms with Gasteiger partial charge in [-0.1, -0.05) is 18.2 Å². The van der Waals surface area contributed by atoms with E-state index in [1.165, 1.54) is 23.0 Å². The molecule has 1 fully saturated rings. The molecule has 0 bridgehead atoms. The summed E-state index contributed by atoms with van der Waals surface area (Å²) in [7, 11) is 2.12. The summed E-state index contributed by atoms with van der Waals surface area (Å²) < 4.78 is 2.24. The number of nitrogens with zero attached hydrogens (tertiary/aromatic N) is 1. The van der Waals surface area contributed by atoms with E-state index in [0.717, 1.165) is 12.8 Å². The highest BCUT2D eigenvalue weighted by Gasteiger charge is 2.36. The van der Waals surface area contributed by atoms with Crippen LogP contribution in [0.25, 0.3) is 10.9 Å². The molecule has 0 aliphatic heterocycles. The smallest absolute Gasteiger partial charge is 0.0563 e. The number of para-hydroxylation sites is 1. The number of rotatable bonds is 1. The van der Waals surface area contributed by atoms with Gasteiger partial charge in [0.25, 0.3) is 0 Å². The average molecular weight is 200 g/mol. The fraction of sp³-hybridized carbons (Fsp3) is 0.385. The molecule has 0 spiro atoms. The second-order valence-corrected chi connectivity index (χ2v) is 4.66. The molecule has 0 radical (unpaired) electrons. The normalized spacial score (nSPS) is 19.1. The van der Waals surface area contributed by atoms with Gasteiger partial charge in [0.05, 0.1) is 5.54 Å². The van der Waals surface area contributed by atoms with Crippen molar-refractivity contribution in [3.05, 3.63) is 36.0 Å². The second-order valence-electron chi connectivity index (χ2n) is 4.66. The Morgan fingerprint density at radius 1 is 1.27 bits per heavy atom. The first-order chi connectivity index (χ1) is 7.21. The lowest BCUT2D eigenvalue weighted by atomic mass is 9.75. The van der Waals surface area contributed by atoms with Gasteiger partial charge in [-0.25, -0.2) is 0 Å². The van der Waals surface area contributed by atoms with Gasteiger partial charge in [-0.2, -0.15) is 0 Å². The van der Waals surface area contributed by atoms with Gasteiger partial charge in [-0.3, -0.25) is 0 Å². The third-order valence-electron chi connectivity index (χ3n) is 3.71. The lowest BCUT2D eigenvalue weighted by molar-refractivity contribution is 0.241. The Hall–Kier alpha value is -1.28. The van der Waals surface area contributed by atoms with E-state index in [0.29, 0.717) is 0 Å². The first-order valence-corrected chi connectivity index (χ1v) is 5.54. The van der Waals surface area contributed by atoms with Crippen molar-refractivity contribution in [1.82, 2.24) is 4.57 Å². The predicted molar refractivity (Wildman–Crippen MR) is 62.6 cm³/mol. The Morgan fingerprint density at radius 3 is 2.60 bits per heavy atom. The highest BCUT2D eigenvalue weighted by Crippen LogP contribution is 2.40. The molecule has 0 saturated heterocycles. The fourth-order valence-corrected chi connectivity index (χ4v) is 2.58. The molecule has 0 amide bonds. The van der Waals surface area contributed by atoms with E-state index in [1.54, 1.807) is 0 Å². The van der Waals surface area contributed by atoms with Crippen molar-refractivity contribution < 1.29 is 0 Å². The van der Waals surface area contributed by atoms with Crippen LogP contribution in [0.1, 0.15) is 25.0 Å². The molecule has 0 unspecified atom stereocenters. The molecular weight excluding hydrogens is 184 g/mol. The highest BCUT2D eigenvalue weighted by atomic mass is 15.0. The first kappa shape index (κ1) is 8.98. The number of hydrogen-bond acceptors (Lipinski definition) is 1. The summed E-state index contributed by atoms with van der Waals surface area (Å²) in [6.45, 7) is 0. The van der Waals surface area contributed by atoms with E-state index < -0.39 is 0 Å². The van der Waals surface area contributed by atoms with E-state index >= 15 is 0 Å². The Kier molecular flexibility index (Phi) is 1.71. The van der Waals surface area contributed by atoms with Crippen LogP contribution in [0.3, 0.4) is 0 Å². The summed E-state index contributed by atoms with van der Waals surface area (Å²) in [6.07, 6.45) is 3.51. The van der Waals surface area contributed by atoms with Gasteiger partial charge in [-0.05, 0) is 36.8 Å². The number of benzene rings is 1. The molecule has 1 aromatic carbocycles. The molecule has 2 aromatic rings. The Morgan fingerprint density at radius 2 is 2.00 bits per heavy atom. The first-order valence-electron chi connectivity index (χ1n) is 5.54. The quantitative estimate of drug-likeness (QED) is 0.753. The van der Waals surface area contributed by atoms with Gasteiger partial charge < -0.3 is 10.3 Å². The van der Waals surface area contributed by atoms with Crippen molar-refractivity contribution in [2.45, 2.75) is 24.8 Å². The summed E-state index contributed by atoms with van der Waals surface area (Å²) in [4.78, 5) is 0. The molecule has 1 saturated carbocycles. The minimum absolute atomic E-state index is 0.0617. The molecule has 1 aliphatic rings. The zero-order chi connectivity index (χ0) is 10.5. The van der Waals surface area contributed by atoms with Gasteiger partial charge in [0.15, 0.2) is 0 Å². The molecule has 2 N–H and O–H groups in total. The zero-order valence-corrected chi connectivity index (χ0v) is 9.03. The largest absolute Gasteiger partial charge is 0.346 e. The minimum atomic E-state index is -0.0617. The van der Waals surface area contributed by atoms with Crippen LogP contribution in [0.5, 0.6) is 0 Å². The van der Waals surface area contributed by atoms with E-state index in [2.05, 4.69) is 41.9 Å². The number of aromatic nitrogens is 1. The third-order valence-corrected chi connectivity index (χ3v) is 3.71. The molecule has 0 atom stereocenters. The molecule has 1 aliphatic carbocycles. The van der Waals surface area contributed by atoms with Gasteiger partial charge in [0, 0.05) is 18.3 Å². The standard InChI is InChI=1S/C13H16N2/c1-15-11-6-3-2-5-10(11)9-12(15)13(14)7-4-8-13/h2-3,5-6,9H,4,7-8,14H2,1H3. The summed E-state index contributed by atoms with van der Waals surface area (Å²) in [5.41, 5.74) is 8.87. The van der Waals surface area contributed by atoms with E-state index in [-0.39, 0.29) is 5.54 Å². The van der Waals surface area contributed by atoms with Crippen molar-refractivity contribution in [2.24, 2.45) is 12.8 Å². The van der Waals surface area contributed by atoms with Crippen LogP contribution in [0.2, 0.25) is 0 Å². The maximum atomic E-state index is 6.37. The maximum Gasteiger partial charge on any atom is 0.0563 e. The molecule has 3 rings (SSSR count). The summed E-state index contributed by atoms with van der Waals surface area (Å²) in [5.74, 6) is 0. The van der Waals surface area contributed by atoms with Crippen molar-refractivity contribution >= 4 is 10.9 Å². The zero-order valence-electron chi connectivity index (χ0n) is 9.03. The molecule has 2 nitrogen and oxygen atoms in total. The van der Waals surface area contributed by atoms with Crippen LogP contribution in [0, 0.1) is 0 Å². The topological polar surface area (TPSA) is 30.9 Å². The van der Waals surface area contributed by atoms with Crippen LogP contribution >= 0.6 is 0 Å². The number of aryl methyl sites for hydroxylation is 1. The van der Waals surface area contributed by atoms with Crippen LogP contribution in [0.15, 0.2) is 30.3 Å². The SMILES string of the molecule is Cn1c(C2(N)CCC2)cc2ccccc21. The molecular formula is C13H16N2.